The van der Waals surface area contributed by atoms with E-state index in [1.807, 2.05) is 30.3 Å². The monoisotopic (exact) mass is 676 g/mol. The molecule has 2 atom stereocenters. The number of nitrogens with zero attached hydrogens (tertiary/aromatic N) is 7. The fourth-order valence-electron chi connectivity index (χ4n) is 5.72. The molecule has 0 saturated carbocycles. The molecule has 1 aliphatic rings. The van der Waals surface area contributed by atoms with Gasteiger partial charge in [0.2, 0.25) is 5.90 Å². The first kappa shape index (κ1) is 35.1. The number of amides is 1. The molecule has 0 fully saturated rings. The molecule has 14 nitrogen and oxygen atoms in total. The summed E-state index contributed by atoms with van der Waals surface area (Å²) in [6, 6.07) is 26.7. The van der Waals surface area contributed by atoms with Crippen molar-refractivity contribution < 1.29 is 28.8 Å². The highest BCUT2D eigenvalue weighted by molar-refractivity contribution is 6.01. The van der Waals surface area contributed by atoms with Crippen molar-refractivity contribution in [2.24, 2.45) is 15.2 Å². The van der Waals surface area contributed by atoms with Crippen LogP contribution in [0.4, 0.5) is 5.69 Å². The van der Waals surface area contributed by atoms with Crippen LogP contribution in [0.3, 0.4) is 0 Å². The van der Waals surface area contributed by atoms with Gasteiger partial charge in [-0.25, -0.2) is 4.99 Å². The van der Waals surface area contributed by atoms with E-state index in [0.717, 1.165) is 5.56 Å². The van der Waals surface area contributed by atoms with Crippen molar-refractivity contribution in [3.63, 3.8) is 0 Å². The first-order valence-electron chi connectivity index (χ1n) is 15.8. The Bertz CT molecular complexity index is 1940. The first-order chi connectivity index (χ1) is 24.5. The number of methoxy groups -OCH3 is 2. The van der Waals surface area contributed by atoms with E-state index in [4.69, 9.17) is 34.6 Å². The maximum Gasteiger partial charge on any atom is 0.252 e. The standard InChI is InChI=1S/C36H36N8O6/c1-47-31-17-12-24(20-32(31)48-2)22-39-35(46)36(21-26-8-3-4-9-27(26)23-40-43-37)33(29-10-5-6-11-30(29)42-44-38)50-34(41-36)25-13-15-28(16-14-25)49-19-7-18-45/h3-6,8-17,20,33,45H,7,18-19,21-23H2,1-2H3,(H,39,46)/t33-,36-/m1/s1. The molecule has 256 valence electrons. The second-order valence-electron chi connectivity index (χ2n) is 11.2. The predicted octanol–water partition coefficient (Wildman–Crippen LogP) is 7.03. The van der Waals surface area contributed by atoms with E-state index in [1.165, 1.54) is 7.11 Å². The van der Waals surface area contributed by atoms with Crippen LogP contribution in [0.15, 0.2) is 106 Å². The van der Waals surface area contributed by atoms with Gasteiger partial charge < -0.3 is 29.4 Å². The zero-order valence-corrected chi connectivity index (χ0v) is 27.6. The van der Waals surface area contributed by atoms with E-state index >= 15 is 0 Å². The van der Waals surface area contributed by atoms with Crippen molar-refractivity contribution in [2.45, 2.75) is 37.6 Å². The molecule has 1 amide bonds. The second kappa shape index (κ2) is 16.8. The van der Waals surface area contributed by atoms with Gasteiger partial charge in [-0.05, 0) is 64.2 Å². The molecule has 4 aromatic rings. The molecular formula is C36H36N8O6. The minimum Gasteiger partial charge on any atom is -0.494 e. The van der Waals surface area contributed by atoms with Gasteiger partial charge in [0.15, 0.2) is 23.1 Å². The van der Waals surface area contributed by atoms with Crippen molar-refractivity contribution in [3.05, 3.63) is 140 Å². The molecule has 1 heterocycles. The average Bonchev–Trinajstić information content (AvgIpc) is 3.54. The van der Waals surface area contributed by atoms with E-state index in [9.17, 15) is 10.3 Å². The number of ether oxygens (including phenoxy) is 4. The van der Waals surface area contributed by atoms with Crippen LogP contribution < -0.4 is 19.5 Å². The summed E-state index contributed by atoms with van der Waals surface area (Å²) in [7, 11) is 3.08. The number of benzene rings is 4. The van der Waals surface area contributed by atoms with E-state index in [-0.39, 0.29) is 37.7 Å². The number of aliphatic hydroxyl groups is 1. The third kappa shape index (κ3) is 7.91. The summed E-state index contributed by atoms with van der Waals surface area (Å²) in [4.78, 5) is 25.8. The van der Waals surface area contributed by atoms with Gasteiger partial charge in [-0.15, -0.1) is 0 Å². The number of aliphatic hydroxyl groups excluding tert-OH is 1. The van der Waals surface area contributed by atoms with Crippen molar-refractivity contribution in [2.75, 3.05) is 27.4 Å². The van der Waals surface area contributed by atoms with Gasteiger partial charge in [0, 0.05) is 52.6 Å². The number of azide groups is 2. The molecule has 0 aliphatic carbocycles. The van der Waals surface area contributed by atoms with Crippen molar-refractivity contribution in [1.29, 1.82) is 0 Å². The number of carbonyl (C=O) groups is 1. The summed E-state index contributed by atoms with van der Waals surface area (Å²) in [6.07, 6.45) is -0.507. The number of rotatable bonds is 16. The Morgan fingerprint density at radius 2 is 1.70 bits per heavy atom. The van der Waals surface area contributed by atoms with Crippen molar-refractivity contribution >= 4 is 17.5 Å². The summed E-state index contributed by atoms with van der Waals surface area (Å²) < 4.78 is 23.2. The van der Waals surface area contributed by atoms with E-state index in [0.29, 0.717) is 52.5 Å². The summed E-state index contributed by atoms with van der Waals surface area (Å²) >= 11 is 0. The van der Waals surface area contributed by atoms with Crippen LogP contribution in [0.2, 0.25) is 0 Å². The van der Waals surface area contributed by atoms with E-state index < -0.39 is 17.6 Å². The molecule has 2 N–H and O–H groups in total. The van der Waals surface area contributed by atoms with Gasteiger partial charge in [0.25, 0.3) is 5.91 Å². The van der Waals surface area contributed by atoms with Crippen LogP contribution in [-0.4, -0.2) is 49.9 Å². The van der Waals surface area contributed by atoms with Crippen molar-refractivity contribution in [1.82, 2.24) is 5.32 Å². The van der Waals surface area contributed by atoms with Gasteiger partial charge in [0.05, 0.1) is 27.4 Å². The lowest BCUT2D eigenvalue weighted by Crippen LogP contribution is -2.49. The Kier molecular flexibility index (Phi) is 11.8. The molecule has 4 aromatic carbocycles. The minimum atomic E-state index is -1.63. The molecule has 50 heavy (non-hydrogen) atoms. The molecule has 1 aliphatic heterocycles. The average molecular weight is 677 g/mol. The zero-order chi connectivity index (χ0) is 35.3. The highest BCUT2D eigenvalue weighted by atomic mass is 16.5. The van der Waals surface area contributed by atoms with E-state index in [1.54, 1.807) is 67.8 Å². The maximum absolute atomic E-state index is 14.8. The largest absolute Gasteiger partial charge is 0.494 e. The number of hydrogen-bond acceptors (Lipinski definition) is 9. The highest BCUT2D eigenvalue weighted by Crippen LogP contribution is 2.46. The molecule has 0 bridgehead atoms. The lowest BCUT2D eigenvalue weighted by Gasteiger charge is -2.32. The van der Waals surface area contributed by atoms with Crippen LogP contribution in [0.25, 0.3) is 20.9 Å². The summed E-state index contributed by atoms with van der Waals surface area (Å²) in [5.41, 5.74) is 20.4. The molecule has 0 saturated heterocycles. The van der Waals surface area contributed by atoms with Gasteiger partial charge >= 0.3 is 0 Å². The summed E-state index contributed by atoms with van der Waals surface area (Å²) in [5.74, 6) is 1.40. The van der Waals surface area contributed by atoms with Crippen LogP contribution in [0.5, 0.6) is 17.2 Å². The second-order valence-corrected chi connectivity index (χ2v) is 11.2. The Morgan fingerprint density at radius 1 is 0.960 bits per heavy atom. The molecular weight excluding hydrogens is 640 g/mol. The van der Waals surface area contributed by atoms with Gasteiger partial charge in [-0.3, -0.25) is 4.79 Å². The zero-order valence-electron chi connectivity index (χ0n) is 27.6. The summed E-state index contributed by atoms with van der Waals surface area (Å²) in [5, 5.41) is 19.9. The number of hydrogen-bond donors (Lipinski definition) is 2. The lowest BCUT2D eigenvalue weighted by atomic mass is 9.80. The predicted molar refractivity (Wildman–Crippen MR) is 186 cm³/mol. The summed E-state index contributed by atoms with van der Waals surface area (Å²) in [6.45, 7) is 0.551. The smallest absolute Gasteiger partial charge is 0.252 e. The first-order valence-corrected chi connectivity index (χ1v) is 15.8. The Balaban J connectivity index is 1.64. The molecule has 0 unspecified atom stereocenters. The van der Waals surface area contributed by atoms with Gasteiger partial charge in [-0.2, -0.15) is 0 Å². The molecule has 0 aromatic heterocycles. The quantitative estimate of drug-likeness (QED) is 0.0552. The molecule has 14 heteroatoms. The number of aliphatic imine (C=N–C) groups is 1. The minimum absolute atomic E-state index is 0.0174. The molecule has 5 rings (SSSR count). The van der Waals surface area contributed by atoms with Crippen LogP contribution in [0.1, 0.15) is 40.3 Å². The maximum atomic E-state index is 14.8. The Labute approximate surface area is 288 Å². The fourth-order valence-corrected chi connectivity index (χ4v) is 5.72. The van der Waals surface area contributed by atoms with E-state index in [2.05, 4.69) is 25.4 Å². The third-order valence-electron chi connectivity index (χ3n) is 8.19. The third-order valence-corrected chi connectivity index (χ3v) is 8.19. The highest BCUT2D eigenvalue weighted by Gasteiger charge is 2.54. The van der Waals surface area contributed by atoms with Crippen LogP contribution in [0, 0.1) is 0 Å². The van der Waals surface area contributed by atoms with Crippen LogP contribution >= 0.6 is 0 Å². The molecule has 0 spiro atoms. The van der Waals surface area contributed by atoms with Crippen LogP contribution in [-0.2, 0) is 29.0 Å². The normalized spacial score (nSPS) is 16.2. The Morgan fingerprint density at radius 3 is 2.42 bits per heavy atom. The van der Waals surface area contributed by atoms with Gasteiger partial charge in [0.1, 0.15) is 5.75 Å². The molecule has 0 radical (unpaired) electrons. The SMILES string of the molecule is COc1ccc(CNC(=O)[C@]2(Cc3ccccc3CN=[N+]=[N-])N=C(c3ccc(OCCCO)cc3)O[C@@H]2c2ccccc2N=[N+]=[N-])cc1OC. The van der Waals surface area contributed by atoms with Crippen molar-refractivity contribution in [3.8, 4) is 17.2 Å². The topological polar surface area (TPSA) is 196 Å². The van der Waals surface area contributed by atoms with Gasteiger partial charge in [-0.1, -0.05) is 64.8 Å². The number of carbonyl (C=O) groups excluding carboxylic acids is 1. The lowest BCUT2D eigenvalue weighted by molar-refractivity contribution is -0.129. The number of nitrogens with one attached hydrogen (secondary N) is 1. The fraction of sp³-hybridized carbons (Fsp3) is 0.278. The Hall–Kier alpha value is -6.20.